The normalized spacial score (nSPS) is 20.7. The molecule has 1 aromatic carbocycles. The number of carbonyl (C=O) groups is 1. The Labute approximate surface area is 141 Å². The van der Waals surface area contributed by atoms with E-state index in [0.29, 0.717) is 6.04 Å². The predicted octanol–water partition coefficient (Wildman–Crippen LogP) is 4.11. The Balaban J connectivity index is 1.90. The summed E-state index contributed by atoms with van der Waals surface area (Å²) in [6.07, 6.45) is 0.626. The molecule has 2 rings (SSSR count). The van der Waals surface area contributed by atoms with Crippen molar-refractivity contribution in [2.75, 3.05) is 13.1 Å². The van der Waals surface area contributed by atoms with Crippen molar-refractivity contribution >= 4 is 22.0 Å². The van der Waals surface area contributed by atoms with Gasteiger partial charge in [0.2, 0.25) is 0 Å². The van der Waals surface area contributed by atoms with Crippen molar-refractivity contribution in [3.63, 3.8) is 0 Å². The first kappa shape index (κ1) is 17.3. The third-order valence-corrected chi connectivity index (χ3v) is 4.57. The van der Waals surface area contributed by atoms with E-state index in [-0.39, 0.29) is 12.1 Å². The minimum Gasteiger partial charge on any atom is -0.444 e. The fraction of sp³-hybridized carbons (Fsp3) is 0.588. The summed E-state index contributed by atoms with van der Waals surface area (Å²) < 4.78 is 6.45. The number of nitrogens with one attached hydrogen (secondary N) is 1. The van der Waals surface area contributed by atoms with Crippen molar-refractivity contribution in [3.05, 3.63) is 34.3 Å². The second-order valence-corrected chi connectivity index (χ2v) is 7.68. The largest absolute Gasteiger partial charge is 0.444 e. The van der Waals surface area contributed by atoms with Crippen LogP contribution in [0.3, 0.4) is 0 Å². The highest BCUT2D eigenvalue weighted by Gasteiger charge is 2.29. The number of hydrogen-bond acceptors (Lipinski definition) is 3. The van der Waals surface area contributed by atoms with Gasteiger partial charge >= 0.3 is 6.09 Å². The second kappa shape index (κ2) is 7.01. The lowest BCUT2D eigenvalue weighted by Gasteiger charge is -2.26. The molecule has 1 aromatic rings. The summed E-state index contributed by atoms with van der Waals surface area (Å²) in [4.78, 5) is 14.2. The first-order valence-electron chi connectivity index (χ1n) is 7.74. The number of carbonyl (C=O) groups excluding carboxylic acids is 1. The molecule has 1 N–H and O–H groups in total. The number of rotatable bonds is 3. The molecular formula is C17H25BrN2O2. The zero-order valence-corrected chi connectivity index (χ0v) is 15.3. The van der Waals surface area contributed by atoms with E-state index in [4.69, 9.17) is 4.74 Å². The molecule has 0 spiro atoms. The Morgan fingerprint density at radius 2 is 2.09 bits per heavy atom. The molecule has 1 saturated heterocycles. The fourth-order valence-electron chi connectivity index (χ4n) is 2.74. The molecule has 2 atom stereocenters. The number of alkyl carbamates (subject to hydrolysis) is 1. The SMILES string of the molecule is CC(c1ccccc1Br)N1CCC(NC(=O)OC(C)(C)C)C1. The molecule has 4 nitrogen and oxygen atoms in total. The molecule has 5 heteroatoms. The van der Waals surface area contributed by atoms with Crippen LogP contribution in [-0.2, 0) is 4.74 Å². The molecule has 0 bridgehead atoms. The Morgan fingerprint density at radius 1 is 1.41 bits per heavy atom. The molecule has 22 heavy (non-hydrogen) atoms. The quantitative estimate of drug-likeness (QED) is 0.872. The van der Waals surface area contributed by atoms with Crippen LogP contribution >= 0.6 is 15.9 Å². The second-order valence-electron chi connectivity index (χ2n) is 6.82. The molecule has 0 aromatic heterocycles. The van der Waals surface area contributed by atoms with Gasteiger partial charge in [0.25, 0.3) is 0 Å². The third kappa shape index (κ3) is 4.71. The Morgan fingerprint density at radius 3 is 2.73 bits per heavy atom. The van der Waals surface area contributed by atoms with Crippen LogP contribution in [0.1, 0.15) is 45.7 Å². The van der Waals surface area contributed by atoms with E-state index in [2.05, 4.69) is 51.3 Å². The van der Waals surface area contributed by atoms with Gasteiger partial charge in [0.15, 0.2) is 0 Å². The summed E-state index contributed by atoms with van der Waals surface area (Å²) in [6, 6.07) is 8.77. The smallest absolute Gasteiger partial charge is 0.407 e. The van der Waals surface area contributed by atoms with Gasteiger partial charge in [-0.1, -0.05) is 34.1 Å². The molecule has 2 unspecified atom stereocenters. The van der Waals surface area contributed by atoms with Crippen LogP contribution in [-0.4, -0.2) is 35.7 Å². The highest BCUT2D eigenvalue weighted by Crippen LogP contribution is 2.29. The number of benzene rings is 1. The van der Waals surface area contributed by atoms with E-state index < -0.39 is 5.60 Å². The van der Waals surface area contributed by atoms with E-state index in [0.717, 1.165) is 24.0 Å². The molecule has 1 aliphatic heterocycles. The van der Waals surface area contributed by atoms with E-state index in [1.807, 2.05) is 26.8 Å². The van der Waals surface area contributed by atoms with Gasteiger partial charge in [-0.05, 0) is 45.7 Å². The van der Waals surface area contributed by atoms with Gasteiger partial charge in [-0.25, -0.2) is 4.79 Å². The standard InChI is InChI=1S/C17H25BrN2O2/c1-12(14-7-5-6-8-15(14)18)20-10-9-13(11-20)19-16(21)22-17(2,3)4/h5-8,12-13H,9-11H2,1-4H3,(H,19,21). The summed E-state index contributed by atoms with van der Waals surface area (Å²) in [5.74, 6) is 0. The molecule has 122 valence electrons. The zero-order chi connectivity index (χ0) is 16.3. The van der Waals surface area contributed by atoms with Crippen molar-refractivity contribution in [1.82, 2.24) is 10.2 Å². The van der Waals surface area contributed by atoms with Crippen LogP contribution in [0.2, 0.25) is 0 Å². The van der Waals surface area contributed by atoms with Gasteiger partial charge in [0, 0.05) is 29.6 Å². The van der Waals surface area contributed by atoms with Crippen molar-refractivity contribution in [3.8, 4) is 0 Å². The van der Waals surface area contributed by atoms with Crippen molar-refractivity contribution in [2.45, 2.75) is 51.8 Å². The first-order chi connectivity index (χ1) is 10.3. The minimum atomic E-state index is -0.454. The average Bonchev–Trinajstić information content (AvgIpc) is 2.84. The van der Waals surface area contributed by atoms with E-state index >= 15 is 0 Å². The zero-order valence-electron chi connectivity index (χ0n) is 13.7. The predicted molar refractivity (Wildman–Crippen MR) is 91.9 cm³/mol. The number of likely N-dealkylation sites (tertiary alicyclic amines) is 1. The summed E-state index contributed by atoms with van der Waals surface area (Å²) in [5.41, 5.74) is 0.824. The van der Waals surface area contributed by atoms with Crippen LogP contribution in [0.4, 0.5) is 4.79 Å². The molecule has 1 aliphatic rings. The Hall–Kier alpha value is -1.07. The van der Waals surface area contributed by atoms with E-state index in [1.54, 1.807) is 0 Å². The highest BCUT2D eigenvalue weighted by atomic mass is 79.9. The molecule has 1 fully saturated rings. The van der Waals surface area contributed by atoms with Crippen LogP contribution in [0.25, 0.3) is 0 Å². The third-order valence-electron chi connectivity index (χ3n) is 3.84. The highest BCUT2D eigenvalue weighted by molar-refractivity contribution is 9.10. The lowest BCUT2D eigenvalue weighted by molar-refractivity contribution is 0.0504. The van der Waals surface area contributed by atoms with Crippen molar-refractivity contribution in [1.29, 1.82) is 0 Å². The minimum absolute atomic E-state index is 0.153. The maximum Gasteiger partial charge on any atom is 0.407 e. The number of hydrogen-bond donors (Lipinski definition) is 1. The molecule has 1 heterocycles. The molecular weight excluding hydrogens is 344 g/mol. The first-order valence-corrected chi connectivity index (χ1v) is 8.53. The summed E-state index contributed by atoms with van der Waals surface area (Å²) in [5, 5.41) is 2.97. The van der Waals surface area contributed by atoms with Crippen molar-refractivity contribution in [2.24, 2.45) is 0 Å². The van der Waals surface area contributed by atoms with Gasteiger partial charge in [-0.2, -0.15) is 0 Å². The lowest BCUT2D eigenvalue weighted by atomic mass is 10.1. The number of nitrogens with zero attached hydrogens (tertiary/aromatic N) is 1. The van der Waals surface area contributed by atoms with Crippen molar-refractivity contribution < 1.29 is 9.53 Å². The summed E-state index contributed by atoms with van der Waals surface area (Å²) in [7, 11) is 0. The van der Waals surface area contributed by atoms with Gasteiger partial charge in [-0.15, -0.1) is 0 Å². The van der Waals surface area contributed by atoms with Crippen LogP contribution < -0.4 is 5.32 Å². The van der Waals surface area contributed by atoms with E-state index in [1.165, 1.54) is 5.56 Å². The topological polar surface area (TPSA) is 41.6 Å². The number of ether oxygens (including phenoxy) is 1. The van der Waals surface area contributed by atoms with Gasteiger partial charge in [0.05, 0.1) is 0 Å². The van der Waals surface area contributed by atoms with Gasteiger partial charge in [0.1, 0.15) is 5.60 Å². The summed E-state index contributed by atoms with van der Waals surface area (Å²) >= 11 is 3.62. The maximum atomic E-state index is 11.9. The number of halogens is 1. The maximum absolute atomic E-state index is 11.9. The number of amides is 1. The van der Waals surface area contributed by atoms with Gasteiger partial charge in [-0.3, -0.25) is 4.90 Å². The Bertz CT molecular complexity index is 528. The monoisotopic (exact) mass is 368 g/mol. The van der Waals surface area contributed by atoms with Crippen LogP contribution in [0.15, 0.2) is 28.7 Å². The fourth-order valence-corrected chi connectivity index (χ4v) is 3.36. The summed E-state index contributed by atoms with van der Waals surface area (Å²) in [6.45, 7) is 9.66. The molecule has 0 aliphatic carbocycles. The average molecular weight is 369 g/mol. The molecule has 0 saturated carbocycles. The molecule has 1 amide bonds. The Kier molecular flexibility index (Phi) is 5.50. The lowest BCUT2D eigenvalue weighted by Crippen LogP contribution is -2.40. The van der Waals surface area contributed by atoms with Crippen LogP contribution in [0, 0.1) is 0 Å². The van der Waals surface area contributed by atoms with Gasteiger partial charge < -0.3 is 10.1 Å². The van der Waals surface area contributed by atoms with Crippen LogP contribution in [0.5, 0.6) is 0 Å². The molecule has 0 radical (unpaired) electrons. The van der Waals surface area contributed by atoms with E-state index in [9.17, 15) is 4.79 Å².